The lowest BCUT2D eigenvalue weighted by atomic mass is 10.2. The van der Waals surface area contributed by atoms with Gasteiger partial charge in [0, 0.05) is 12.2 Å². The molecule has 0 heterocycles. The molecule has 6 nitrogen and oxygen atoms in total. The fraction of sp³-hybridized carbons (Fsp3) is 0.235. The van der Waals surface area contributed by atoms with E-state index in [9.17, 15) is 13.2 Å². The maximum Gasteiger partial charge on any atom is 0.252 e. The molecule has 0 aliphatic rings. The number of rotatable bonds is 8. The molecule has 0 radical (unpaired) electrons. The number of sulfonamides is 1. The minimum absolute atomic E-state index is 0.163. The Bertz CT molecular complexity index is 826. The third-order valence-corrected chi connectivity index (χ3v) is 4.08. The Morgan fingerprint density at radius 3 is 2.52 bits per heavy atom. The van der Waals surface area contributed by atoms with Crippen molar-refractivity contribution in [2.45, 2.75) is 6.61 Å². The van der Waals surface area contributed by atoms with E-state index < -0.39 is 10.0 Å². The lowest BCUT2D eigenvalue weighted by Crippen LogP contribution is -2.27. The standard InChI is InChI=1S/C17H19ClN2O4S/c1-25(22,23)20-14-7-8-15(16(18)11-14)17(21)19-9-10-24-12-13-5-3-2-4-6-13/h2-8,11,20H,9-10,12H2,1H3,(H,19,21). The van der Waals surface area contributed by atoms with E-state index in [4.69, 9.17) is 16.3 Å². The summed E-state index contributed by atoms with van der Waals surface area (Å²) in [6.45, 7) is 1.18. The van der Waals surface area contributed by atoms with Crippen molar-refractivity contribution in [3.63, 3.8) is 0 Å². The molecule has 0 aliphatic heterocycles. The van der Waals surface area contributed by atoms with Crippen molar-refractivity contribution < 1.29 is 17.9 Å². The van der Waals surface area contributed by atoms with Gasteiger partial charge in [-0.1, -0.05) is 41.9 Å². The van der Waals surface area contributed by atoms with Crippen LogP contribution in [0.5, 0.6) is 0 Å². The Hall–Kier alpha value is -2.09. The highest BCUT2D eigenvalue weighted by atomic mass is 35.5. The third kappa shape index (κ3) is 6.74. The average Bonchev–Trinajstić information content (AvgIpc) is 2.54. The van der Waals surface area contributed by atoms with E-state index in [2.05, 4.69) is 10.0 Å². The summed E-state index contributed by atoms with van der Waals surface area (Å²) in [5.41, 5.74) is 1.63. The molecule has 134 valence electrons. The highest BCUT2D eigenvalue weighted by Gasteiger charge is 2.11. The summed E-state index contributed by atoms with van der Waals surface area (Å²) in [4.78, 5) is 12.1. The van der Waals surface area contributed by atoms with E-state index in [1.165, 1.54) is 18.2 Å². The van der Waals surface area contributed by atoms with Crippen LogP contribution in [0.15, 0.2) is 48.5 Å². The molecule has 0 atom stereocenters. The van der Waals surface area contributed by atoms with E-state index in [1.54, 1.807) is 0 Å². The van der Waals surface area contributed by atoms with Gasteiger partial charge in [0.15, 0.2) is 0 Å². The van der Waals surface area contributed by atoms with Crippen LogP contribution in [0.25, 0.3) is 0 Å². The fourth-order valence-corrected chi connectivity index (χ4v) is 2.89. The number of carbonyl (C=O) groups is 1. The fourth-order valence-electron chi connectivity index (χ4n) is 2.07. The SMILES string of the molecule is CS(=O)(=O)Nc1ccc(C(=O)NCCOCc2ccccc2)c(Cl)c1. The quantitative estimate of drug-likeness (QED) is 0.687. The van der Waals surface area contributed by atoms with Crippen LogP contribution in [0.2, 0.25) is 5.02 Å². The lowest BCUT2D eigenvalue weighted by molar-refractivity contribution is 0.0901. The van der Waals surface area contributed by atoms with Crippen molar-refractivity contribution in [2.75, 3.05) is 24.1 Å². The summed E-state index contributed by atoms with van der Waals surface area (Å²) >= 11 is 6.05. The molecule has 2 aromatic rings. The van der Waals surface area contributed by atoms with Crippen LogP contribution >= 0.6 is 11.6 Å². The largest absolute Gasteiger partial charge is 0.375 e. The van der Waals surface area contributed by atoms with E-state index in [-0.39, 0.29) is 16.5 Å². The number of carbonyl (C=O) groups excluding carboxylic acids is 1. The second-order valence-electron chi connectivity index (χ2n) is 5.36. The zero-order valence-corrected chi connectivity index (χ0v) is 15.2. The molecular formula is C17H19ClN2O4S. The van der Waals surface area contributed by atoms with Gasteiger partial charge in [0.25, 0.3) is 5.91 Å². The van der Waals surface area contributed by atoms with Gasteiger partial charge in [-0.15, -0.1) is 0 Å². The van der Waals surface area contributed by atoms with Gasteiger partial charge in [-0.05, 0) is 23.8 Å². The van der Waals surface area contributed by atoms with Crippen LogP contribution in [0, 0.1) is 0 Å². The van der Waals surface area contributed by atoms with Gasteiger partial charge in [-0.2, -0.15) is 0 Å². The van der Waals surface area contributed by atoms with Crippen LogP contribution in [-0.4, -0.2) is 33.7 Å². The second-order valence-corrected chi connectivity index (χ2v) is 7.52. The summed E-state index contributed by atoms with van der Waals surface area (Å²) in [7, 11) is -3.40. The zero-order chi connectivity index (χ0) is 18.3. The molecular weight excluding hydrogens is 364 g/mol. The number of hydrogen-bond donors (Lipinski definition) is 2. The van der Waals surface area contributed by atoms with Crippen molar-refractivity contribution in [2.24, 2.45) is 0 Å². The molecule has 0 aromatic heterocycles. The highest BCUT2D eigenvalue weighted by Crippen LogP contribution is 2.21. The lowest BCUT2D eigenvalue weighted by Gasteiger charge is -2.09. The molecule has 0 saturated heterocycles. The molecule has 2 aromatic carbocycles. The van der Waals surface area contributed by atoms with Gasteiger partial charge in [-0.3, -0.25) is 9.52 Å². The van der Waals surface area contributed by atoms with Crippen molar-refractivity contribution in [3.8, 4) is 0 Å². The minimum atomic E-state index is -3.40. The summed E-state index contributed by atoms with van der Waals surface area (Å²) in [6, 6.07) is 14.1. The second kappa shape index (κ2) is 8.84. The third-order valence-electron chi connectivity index (χ3n) is 3.16. The minimum Gasteiger partial charge on any atom is -0.375 e. The molecule has 1 amide bonds. The Balaban J connectivity index is 1.80. The molecule has 0 fully saturated rings. The monoisotopic (exact) mass is 382 g/mol. The van der Waals surface area contributed by atoms with Crippen LogP contribution in [0.1, 0.15) is 15.9 Å². The molecule has 0 spiro atoms. The Kier molecular flexibility index (Phi) is 6.81. The smallest absolute Gasteiger partial charge is 0.252 e. The molecule has 25 heavy (non-hydrogen) atoms. The number of halogens is 1. The maximum atomic E-state index is 12.1. The van der Waals surface area contributed by atoms with Gasteiger partial charge in [0.2, 0.25) is 10.0 Å². The van der Waals surface area contributed by atoms with E-state index >= 15 is 0 Å². The topological polar surface area (TPSA) is 84.5 Å². The number of amides is 1. The van der Waals surface area contributed by atoms with Crippen LogP contribution < -0.4 is 10.0 Å². The van der Waals surface area contributed by atoms with Gasteiger partial charge in [0.05, 0.1) is 30.1 Å². The Labute approximate surface area is 152 Å². The molecule has 0 unspecified atom stereocenters. The predicted octanol–water partition coefficient (Wildman–Crippen LogP) is 2.66. The van der Waals surface area contributed by atoms with Gasteiger partial charge in [0.1, 0.15) is 0 Å². The first-order valence-electron chi connectivity index (χ1n) is 7.52. The number of ether oxygens (including phenoxy) is 1. The zero-order valence-electron chi connectivity index (χ0n) is 13.7. The number of nitrogens with one attached hydrogen (secondary N) is 2. The number of hydrogen-bond acceptors (Lipinski definition) is 4. The molecule has 2 rings (SSSR count). The predicted molar refractivity (Wildman–Crippen MR) is 98.3 cm³/mol. The first-order valence-corrected chi connectivity index (χ1v) is 9.79. The maximum absolute atomic E-state index is 12.1. The summed E-state index contributed by atoms with van der Waals surface area (Å²) in [5, 5.41) is 2.87. The van der Waals surface area contributed by atoms with Crippen LogP contribution in [0.3, 0.4) is 0 Å². The van der Waals surface area contributed by atoms with Crippen LogP contribution in [-0.2, 0) is 21.4 Å². The number of anilines is 1. The van der Waals surface area contributed by atoms with Gasteiger partial charge in [-0.25, -0.2) is 8.42 Å². The first-order chi connectivity index (χ1) is 11.8. The van der Waals surface area contributed by atoms with Gasteiger partial charge < -0.3 is 10.1 Å². The van der Waals surface area contributed by atoms with E-state index in [1.807, 2.05) is 30.3 Å². The normalized spacial score (nSPS) is 11.1. The molecule has 0 bridgehead atoms. The van der Waals surface area contributed by atoms with E-state index in [0.717, 1.165) is 11.8 Å². The van der Waals surface area contributed by atoms with Crippen molar-refractivity contribution in [3.05, 3.63) is 64.7 Å². The molecule has 0 saturated carbocycles. The Morgan fingerprint density at radius 2 is 1.88 bits per heavy atom. The van der Waals surface area contributed by atoms with Crippen molar-refractivity contribution >= 4 is 33.2 Å². The first kappa shape index (κ1) is 19.2. The van der Waals surface area contributed by atoms with Gasteiger partial charge >= 0.3 is 0 Å². The molecule has 0 aliphatic carbocycles. The van der Waals surface area contributed by atoms with Crippen molar-refractivity contribution in [1.29, 1.82) is 0 Å². The van der Waals surface area contributed by atoms with E-state index in [0.29, 0.717) is 25.4 Å². The van der Waals surface area contributed by atoms with Crippen molar-refractivity contribution in [1.82, 2.24) is 5.32 Å². The molecule has 2 N–H and O–H groups in total. The summed E-state index contributed by atoms with van der Waals surface area (Å²) in [6.07, 6.45) is 1.04. The summed E-state index contributed by atoms with van der Waals surface area (Å²) < 4.78 is 30.2. The number of benzene rings is 2. The Morgan fingerprint density at radius 1 is 1.16 bits per heavy atom. The summed E-state index contributed by atoms with van der Waals surface area (Å²) in [5.74, 6) is -0.348. The highest BCUT2D eigenvalue weighted by molar-refractivity contribution is 7.92. The average molecular weight is 383 g/mol. The van der Waals surface area contributed by atoms with Crippen LogP contribution in [0.4, 0.5) is 5.69 Å². The molecule has 8 heteroatoms.